The van der Waals surface area contributed by atoms with Gasteiger partial charge in [-0.2, -0.15) is 0 Å². The molecule has 1 heteroatoms. The van der Waals surface area contributed by atoms with Gasteiger partial charge in [0.15, 0.2) is 0 Å². The van der Waals surface area contributed by atoms with E-state index in [0.29, 0.717) is 0 Å². The molecule has 0 radical (unpaired) electrons. The monoisotopic (exact) mass is 230 g/mol. The van der Waals surface area contributed by atoms with Crippen LogP contribution in [-0.4, -0.2) is 11.2 Å². The normalized spacial score (nSPS) is 17.6. The van der Waals surface area contributed by atoms with Crippen molar-refractivity contribution in [3.8, 4) is 0 Å². The summed E-state index contributed by atoms with van der Waals surface area (Å²) in [5.41, 5.74) is 2.79. The summed E-state index contributed by atoms with van der Waals surface area (Å²) in [6, 6.07) is 10.4. The summed E-state index contributed by atoms with van der Waals surface area (Å²) in [6.45, 7) is 0. The third-order valence-electron chi connectivity index (χ3n) is 3.49. The molecule has 0 aromatic heterocycles. The van der Waals surface area contributed by atoms with E-state index < -0.39 is 0 Å². The van der Waals surface area contributed by atoms with E-state index >= 15 is 0 Å². The van der Waals surface area contributed by atoms with E-state index in [0.717, 1.165) is 19.3 Å². The molecular weight excluding hydrogens is 208 g/mol. The Bertz CT molecular complexity index is 353. The van der Waals surface area contributed by atoms with E-state index in [4.69, 9.17) is 0 Å². The molecule has 1 N–H and O–H groups in total. The maximum Gasteiger partial charge on any atom is 0.0580 e. The smallest absolute Gasteiger partial charge is 0.0580 e. The first-order valence-corrected chi connectivity index (χ1v) is 6.74. The lowest BCUT2D eigenvalue weighted by molar-refractivity contribution is 0.163. The van der Waals surface area contributed by atoms with Crippen molar-refractivity contribution in [1.29, 1.82) is 0 Å². The summed E-state index contributed by atoms with van der Waals surface area (Å²) in [7, 11) is 0. The van der Waals surface area contributed by atoms with Gasteiger partial charge < -0.3 is 5.11 Å². The molecular formula is C16H22O. The van der Waals surface area contributed by atoms with E-state index in [1.807, 2.05) is 6.07 Å². The second-order valence-corrected chi connectivity index (χ2v) is 4.99. The van der Waals surface area contributed by atoms with Crippen LogP contribution < -0.4 is 0 Å². The Labute approximate surface area is 104 Å². The second kappa shape index (κ2) is 6.61. The van der Waals surface area contributed by atoms with Crippen LogP contribution >= 0.6 is 0 Å². The standard InChI is InChI=1S/C16H22O/c17-16(13-15-9-5-2-6-10-15)12-11-14-7-3-1-4-8-14/h1,3-4,7-9,16-17H,2,5-6,10-13H2. The zero-order valence-electron chi connectivity index (χ0n) is 10.4. The Morgan fingerprint density at radius 1 is 1.12 bits per heavy atom. The van der Waals surface area contributed by atoms with Crippen molar-refractivity contribution >= 4 is 0 Å². The molecule has 0 spiro atoms. The van der Waals surface area contributed by atoms with Gasteiger partial charge in [0.1, 0.15) is 0 Å². The molecule has 0 fully saturated rings. The highest BCUT2D eigenvalue weighted by molar-refractivity contribution is 5.15. The van der Waals surface area contributed by atoms with Crippen LogP contribution in [0.3, 0.4) is 0 Å². The van der Waals surface area contributed by atoms with E-state index in [-0.39, 0.29) is 6.10 Å². The molecule has 1 aliphatic carbocycles. The van der Waals surface area contributed by atoms with Gasteiger partial charge in [-0.1, -0.05) is 42.0 Å². The molecule has 1 aliphatic rings. The van der Waals surface area contributed by atoms with E-state index in [1.165, 1.54) is 36.8 Å². The molecule has 0 saturated carbocycles. The van der Waals surface area contributed by atoms with Gasteiger partial charge in [0, 0.05) is 0 Å². The van der Waals surface area contributed by atoms with Gasteiger partial charge in [-0.25, -0.2) is 0 Å². The molecule has 1 atom stereocenters. The number of rotatable bonds is 5. The first-order chi connectivity index (χ1) is 8.34. The topological polar surface area (TPSA) is 20.2 Å². The molecule has 1 nitrogen and oxygen atoms in total. The highest BCUT2D eigenvalue weighted by Crippen LogP contribution is 2.22. The van der Waals surface area contributed by atoms with E-state index in [2.05, 4.69) is 30.3 Å². The van der Waals surface area contributed by atoms with Gasteiger partial charge in [0.25, 0.3) is 0 Å². The van der Waals surface area contributed by atoms with Crippen LogP contribution in [0.2, 0.25) is 0 Å². The van der Waals surface area contributed by atoms with Crippen molar-refractivity contribution in [2.24, 2.45) is 0 Å². The van der Waals surface area contributed by atoms with E-state index in [9.17, 15) is 5.11 Å². The van der Waals surface area contributed by atoms with Gasteiger partial charge in [-0.3, -0.25) is 0 Å². The fourth-order valence-electron chi connectivity index (χ4n) is 2.47. The fraction of sp³-hybridized carbons (Fsp3) is 0.500. The SMILES string of the molecule is OC(CCc1ccccc1)CC1=CCCCC1. The molecule has 0 heterocycles. The minimum Gasteiger partial charge on any atom is -0.393 e. The molecule has 92 valence electrons. The van der Waals surface area contributed by atoms with Gasteiger partial charge in [0.05, 0.1) is 6.10 Å². The minimum atomic E-state index is -0.167. The molecule has 0 amide bonds. The van der Waals surface area contributed by atoms with Crippen LogP contribution in [0.15, 0.2) is 42.0 Å². The van der Waals surface area contributed by atoms with Crippen molar-refractivity contribution in [3.63, 3.8) is 0 Å². The minimum absolute atomic E-state index is 0.167. The molecule has 0 bridgehead atoms. The Balaban J connectivity index is 1.74. The van der Waals surface area contributed by atoms with Crippen LogP contribution in [0.1, 0.15) is 44.1 Å². The lowest BCUT2D eigenvalue weighted by Gasteiger charge is -2.16. The second-order valence-electron chi connectivity index (χ2n) is 4.99. The Morgan fingerprint density at radius 3 is 2.65 bits per heavy atom. The zero-order valence-corrected chi connectivity index (χ0v) is 10.4. The number of hydrogen-bond acceptors (Lipinski definition) is 1. The molecule has 1 aromatic rings. The maximum absolute atomic E-state index is 10.0. The Kier molecular flexibility index (Phi) is 4.81. The molecule has 0 aliphatic heterocycles. The Hall–Kier alpha value is -1.08. The van der Waals surface area contributed by atoms with Crippen molar-refractivity contribution in [3.05, 3.63) is 47.5 Å². The lowest BCUT2D eigenvalue weighted by Crippen LogP contribution is -2.10. The average molecular weight is 230 g/mol. The first-order valence-electron chi connectivity index (χ1n) is 6.74. The van der Waals surface area contributed by atoms with Gasteiger partial charge >= 0.3 is 0 Å². The van der Waals surface area contributed by atoms with Gasteiger partial charge in [-0.15, -0.1) is 0 Å². The van der Waals surface area contributed by atoms with Crippen molar-refractivity contribution in [1.82, 2.24) is 0 Å². The molecule has 2 rings (SSSR count). The quantitative estimate of drug-likeness (QED) is 0.761. The highest BCUT2D eigenvalue weighted by atomic mass is 16.3. The van der Waals surface area contributed by atoms with Crippen LogP contribution in [0.4, 0.5) is 0 Å². The molecule has 0 saturated heterocycles. The zero-order chi connectivity index (χ0) is 11.9. The molecule has 17 heavy (non-hydrogen) atoms. The molecule has 1 unspecified atom stereocenters. The van der Waals surface area contributed by atoms with E-state index in [1.54, 1.807) is 0 Å². The number of aliphatic hydroxyl groups excluding tert-OH is 1. The van der Waals surface area contributed by atoms with Crippen molar-refractivity contribution in [2.45, 2.75) is 51.0 Å². The highest BCUT2D eigenvalue weighted by Gasteiger charge is 2.10. The van der Waals surface area contributed by atoms with Crippen molar-refractivity contribution in [2.75, 3.05) is 0 Å². The van der Waals surface area contributed by atoms with Crippen LogP contribution in [0, 0.1) is 0 Å². The number of hydrogen-bond donors (Lipinski definition) is 1. The van der Waals surface area contributed by atoms with Crippen molar-refractivity contribution < 1.29 is 5.11 Å². The summed E-state index contributed by atoms with van der Waals surface area (Å²) < 4.78 is 0. The summed E-state index contributed by atoms with van der Waals surface area (Å²) in [5, 5.41) is 10.0. The maximum atomic E-state index is 10.0. The number of benzene rings is 1. The predicted molar refractivity (Wildman–Crippen MR) is 71.9 cm³/mol. The predicted octanol–water partition coefficient (Wildman–Crippen LogP) is 3.87. The number of allylic oxidation sites excluding steroid dienone is 1. The molecule has 1 aromatic carbocycles. The average Bonchev–Trinajstić information content (AvgIpc) is 2.39. The number of aliphatic hydroxyl groups is 1. The summed E-state index contributed by atoms with van der Waals surface area (Å²) in [5.74, 6) is 0. The summed E-state index contributed by atoms with van der Waals surface area (Å²) in [6.07, 6.45) is 9.93. The summed E-state index contributed by atoms with van der Waals surface area (Å²) >= 11 is 0. The third kappa shape index (κ3) is 4.35. The largest absolute Gasteiger partial charge is 0.393 e. The Morgan fingerprint density at radius 2 is 1.94 bits per heavy atom. The van der Waals surface area contributed by atoms with Gasteiger partial charge in [-0.05, 0) is 50.5 Å². The fourth-order valence-corrected chi connectivity index (χ4v) is 2.47. The summed E-state index contributed by atoms with van der Waals surface area (Å²) in [4.78, 5) is 0. The third-order valence-corrected chi connectivity index (χ3v) is 3.49. The van der Waals surface area contributed by atoms with Crippen LogP contribution in [0.5, 0.6) is 0 Å². The van der Waals surface area contributed by atoms with Crippen LogP contribution in [0.25, 0.3) is 0 Å². The lowest BCUT2D eigenvalue weighted by atomic mass is 9.93. The van der Waals surface area contributed by atoms with Crippen LogP contribution in [-0.2, 0) is 6.42 Å². The number of aryl methyl sites for hydroxylation is 1. The van der Waals surface area contributed by atoms with Gasteiger partial charge in [0.2, 0.25) is 0 Å². The first kappa shape index (κ1) is 12.4.